The predicted octanol–water partition coefficient (Wildman–Crippen LogP) is 2.90. The van der Waals surface area contributed by atoms with E-state index in [2.05, 4.69) is 10.6 Å². The topological polar surface area (TPSA) is 97.0 Å². The van der Waals surface area contributed by atoms with Crippen LogP contribution in [0.3, 0.4) is 0 Å². The highest BCUT2D eigenvalue weighted by atomic mass is 16.6. The summed E-state index contributed by atoms with van der Waals surface area (Å²) in [6, 6.07) is 8.44. The van der Waals surface area contributed by atoms with Crippen LogP contribution >= 0.6 is 0 Å². The van der Waals surface area contributed by atoms with Crippen molar-refractivity contribution in [3.8, 4) is 0 Å². The van der Waals surface area contributed by atoms with Crippen LogP contribution in [0, 0.1) is 5.92 Å². The Balaban J connectivity index is 2.22. The molecule has 1 heterocycles. The van der Waals surface area contributed by atoms with Gasteiger partial charge in [-0.15, -0.1) is 0 Å². The molecule has 8 heteroatoms. The lowest BCUT2D eigenvalue weighted by Crippen LogP contribution is -2.53. The molecule has 2 N–H and O–H groups in total. The molecule has 0 spiro atoms. The summed E-state index contributed by atoms with van der Waals surface area (Å²) in [6.45, 7) is 10.2. The van der Waals surface area contributed by atoms with Gasteiger partial charge in [-0.2, -0.15) is 0 Å². The molecule has 0 radical (unpaired) electrons. The molecule has 1 aliphatic heterocycles. The van der Waals surface area contributed by atoms with E-state index in [1.165, 1.54) is 7.11 Å². The fourth-order valence-corrected chi connectivity index (χ4v) is 3.96. The van der Waals surface area contributed by atoms with Crippen molar-refractivity contribution in [2.45, 2.75) is 77.6 Å². The van der Waals surface area contributed by atoms with Crippen LogP contribution in [0.4, 0.5) is 4.79 Å². The molecule has 2 rings (SSSR count). The monoisotopic (exact) mass is 461 g/mol. The minimum absolute atomic E-state index is 0.130. The van der Waals surface area contributed by atoms with Crippen LogP contribution in [-0.2, 0) is 25.5 Å². The van der Waals surface area contributed by atoms with Gasteiger partial charge in [0.05, 0.1) is 13.2 Å². The molecule has 0 saturated carbocycles. The average molecular weight is 462 g/mol. The lowest BCUT2D eigenvalue weighted by atomic mass is 10.00. The Bertz CT molecular complexity index is 791. The summed E-state index contributed by atoms with van der Waals surface area (Å²) in [7, 11) is 1.35. The first-order chi connectivity index (χ1) is 15.5. The third-order valence-corrected chi connectivity index (χ3v) is 5.46. The minimum Gasteiger partial charge on any atom is -0.467 e. The lowest BCUT2D eigenvalue weighted by Gasteiger charge is -2.31. The summed E-state index contributed by atoms with van der Waals surface area (Å²) in [5, 5.41) is 6.21. The molecular weight excluding hydrogens is 422 g/mol. The average Bonchev–Trinajstić information content (AvgIpc) is 2.88. The van der Waals surface area contributed by atoms with Gasteiger partial charge >= 0.3 is 12.1 Å². The summed E-state index contributed by atoms with van der Waals surface area (Å²) in [4.78, 5) is 40.0. The highest BCUT2D eigenvalue weighted by Gasteiger charge is 2.38. The number of alkyl carbamates (subject to hydrolysis) is 1. The third-order valence-electron chi connectivity index (χ3n) is 5.46. The zero-order valence-electron chi connectivity index (χ0n) is 20.7. The van der Waals surface area contributed by atoms with Crippen LogP contribution in [-0.4, -0.2) is 66.8 Å². The van der Waals surface area contributed by atoms with Crippen molar-refractivity contribution in [2.75, 3.05) is 20.2 Å². The second-order valence-electron chi connectivity index (χ2n) is 9.98. The van der Waals surface area contributed by atoms with Gasteiger partial charge in [-0.25, -0.2) is 9.59 Å². The number of carbonyl (C=O) groups excluding carboxylic acids is 3. The second-order valence-corrected chi connectivity index (χ2v) is 9.98. The van der Waals surface area contributed by atoms with Crippen LogP contribution in [0.25, 0.3) is 0 Å². The smallest absolute Gasteiger partial charge is 0.407 e. The van der Waals surface area contributed by atoms with E-state index in [1.54, 1.807) is 4.90 Å². The highest BCUT2D eigenvalue weighted by molar-refractivity contribution is 5.88. The van der Waals surface area contributed by atoms with Gasteiger partial charge in [-0.3, -0.25) is 4.79 Å². The third kappa shape index (κ3) is 8.68. The minimum atomic E-state index is -0.639. The largest absolute Gasteiger partial charge is 0.467 e. The van der Waals surface area contributed by atoms with E-state index in [1.807, 2.05) is 65.0 Å². The standard InChI is InChI=1S/C25H39N3O5/c1-17(2)14-21(23(30)32-6)28-13-12-19(16-26-24(31)33-25(3,4)5)27-20(22(28)29)15-18-10-8-7-9-11-18/h7-11,17,19-21,27H,12-16H2,1-6H3,(H,26,31)/t19-,20+,21+/m1/s1. The SMILES string of the molecule is COC(=O)[C@H](CC(C)C)N1CC[C@H](CNC(=O)OC(C)(C)C)N[C@@H](Cc2ccccc2)C1=O. The van der Waals surface area contributed by atoms with Gasteiger partial charge < -0.3 is 25.0 Å². The number of carbonyl (C=O) groups is 3. The number of hydrogen-bond donors (Lipinski definition) is 2. The first kappa shape index (κ1) is 26.6. The van der Waals surface area contributed by atoms with Gasteiger partial charge in [0.25, 0.3) is 0 Å². The van der Waals surface area contributed by atoms with Crippen molar-refractivity contribution < 1.29 is 23.9 Å². The molecule has 0 aromatic heterocycles. The van der Waals surface area contributed by atoms with Crippen LogP contribution < -0.4 is 10.6 Å². The maximum Gasteiger partial charge on any atom is 0.407 e. The van der Waals surface area contributed by atoms with E-state index >= 15 is 0 Å². The van der Waals surface area contributed by atoms with Gasteiger partial charge in [-0.05, 0) is 51.5 Å². The van der Waals surface area contributed by atoms with Crippen molar-refractivity contribution in [3.63, 3.8) is 0 Å². The maximum atomic E-state index is 13.6. The number of methoxy groups -OCH3 is 1. The molecule has 1 saturated heterocycles. The van der Waals surface area contributed by atoms with Gasteiger partial charge in [0.2, 0.25) is 5.91 Å². The zero-order chi connectivity index (χ0) is 24.6. The van der Waals surface area contributed by atoms with Gasteiger partial charge in [0, 0.05) is 19.1 Å². The van der Waals surface area contributed by atoms with Gasteiger partial charge in [0.1, 0.15) is 11.6 Å². The molecular formula is C25H39N3O5. The summed E-state index contributed by atoms with van der Waals surface area (Å²) >= 11 is 0. The number of esters is 1. The number of nitrogens with zero attached hydrogens (tertiary/aromatic N) is 1. The Hall–Kier alpha value is -2.61. The molecule has 184 valence electrons. The molecule has 2 amide bonds. The number of rotatable bonds is 8. The number of amides is 2. The zero-order valence-corrected chi connectivity index (χ0v) is 20.7. The van der Waals surface area contributed by atoms with Crippen LogP contribution in [0.2, 0.25) is 0 Å². The molecule has 1 aliphatic rings. The Morgan fingerprint density at radius 1 is 1.21 bits per heavy atom. The first-order valence-corrected chi connectivity index (χ1v) is 11.6. The Morgan fingerprint density at radius 2 is 1.88 bits per heavy atom. The van der Waals surface area contributed by atoms with Crippen LogP contribution in [0.5, 0.6) is 0 Å². The highest BCUT2D eigenvalue weighted by Crippen LogP contribution is 2.20. The molecule has 0 bridgehead atoms. The van der Waals surface area contributed by atoms with E-state index in [4.69, 9.17) is 9.47 Å². The number of hydrogen-bond acceptors (Lipinski definition) is 6. The molecule has 0 unspecified atom stereocenters. The molecule has 1 aromatic rings. The first-order valence-electron chi connectivity index (χ1n) is 11.6. The van der Waals surface area contributed by atoms with E-state index in [0.29, 0.717) is 32.4 Å². The molecule has 1 aromatic carbocycles. The molecule has 8 nitrogen and oxygen atoms in total. The maximum absolute atomic E-state index is 13.6. The number of nitrogens with one attached hydrogen (secondary N) is 2. The van der Waals surface area contributed by atoms with Crippen molar-refractivity contribution in [1.29, 1.82) is 0 Å². The Morgan fingerprint density at radius 3 is 2.45 bits per heavy atom. The summed E-state index contributed by atoms with van der Waals surface area (Å²) in [5.74, 6) is -0.314. The Labute approximate surface area is 197 Å². The summed E-state index contributed by atoms with van der Waals surface area (Å²) in [6.07, 6.45) is 1.09. The molecule has 1 fully saturated rings. The van der Waals surface area contributed by atoms with E-state index < -0.39 is 29.7 Å². The van der Waals surface area contributed by atoms with Gasteiger partial charge in [-0.1, -0.05) is 44.2 Å². The van der Waals surface area contributed by atoms with E-state index in [0.717, 1.165) is 5.56 Å². The lowest BCUT2D eigenvalue weighted by molar-refractivity contribution is -0.154. The van der Waals surface area contributed by atoms with Crippen molar-refractivity contribution >= 4 is 18.0 Å². The molecule has 0 aliphatic carbocycles. The fraction of sp³-hybridized carbons (Fsp3) is 0.640. The Kier molecular flexibility index (Phi) is 9.70. The number of benzene rings is 1. The summed E-state index contributed by atoms with van der Waals surface area (Å²) < 4.78 is 10.4. The van der Waals surface area contributed by atoms with Crippen molar-refractivity contribution in [1.82, 2.24) is 15.5 Å². The molecule has 3 atom stereocenters. The van der Waals surface area contributed by atoms with Crippen molar-refractivity contribution in [2.24, 2.45) is 5.92 Å². The quantitative estimate of drug-likeness (QED) is 0.578. The van der Waals surface area contributed by atoms with Crippen molar-refractivity contribution in [3.05, 3.63) is 35.9 Å². The summed E-state index contributed by atoms with van der Waals surface area (Å²) in [5.41, 5.74) is 0.427. The van der Waals surface area contributed by atoms with E-state index in [-0.39, 0.29) is 17.9 Å². The normalized spacial score (nSPS) is 20.2. The molecule has 33 heavy (non-hydrogen) atoms. The van der Waals surface area contributed by atoms with Crippen LogP contribution in [0.15, 0.2) is 30.3 Å². The van der Waals surface area contributed by atoms with Crippen LogP contribution in [0.1, 0.15) is 53.0 Å². The second kappa shape index (κ2) is 12.0. The van der Waals surface area contributed by atoms with Gasteiger partial charge in [0.15, 0.2) is 0 Å². The van der Waals surface area contributed by atoms with E-state index in [9.17, 15) is 14.4 Å². The fourth-order valence-electron chi connectivity index (χ4n) is 3.96. The number of ether oxygens (including phenoxy) is 2. The predicted molar refractivity (Wildman–Crippen MR) is 127 cm³/mol.